The predicted octanol–water partition coefficient (Wildman–Crippen LogP) is 4.42. The number of unbranched alkanes of at least 4 members (excludes halogenated alkanes) is 6. The molecule has 10 heteroatoms. The molecule has 0 fully saturated rings. The number of aliphatic carboxylic acids is 1. The minimum absolute atomic E-state index is 0.00470. The largest absolute Gasteiger partial charge is 0.481 e. The van der Waals surface area contributed by atoms with E-state index >= 15 is 0 Å². The van der Waals surface area contributed by atoms with Gasteiger partial charge in [-0.25, -0.2) is 0 Å². The Morgan fingerprint density at radius 3 is 1.40 bits per heavy atom. The number of ether oxygens (including phenoxy) is 2. The molecule has 0 aromatic heterocycles. The van der Waals surface area contributed by atoms with E-state index in [4.69, 9.17) is 14.6 Å². The zero-order chi connectivity index (χ0) is 30.3. The SMILES string of the molecule is CCCCC[C@H](O)C[C@H](O)CC(=O)O[C@H](CCCCC)C[C@H](O)CC(=O)O[C@@H](CC(=O)O)C[C@@H](O)CCCCC. The average Bonchev–Trinajstić information content (AvgIpc) is 2.83. The van der Waals surface area contributed by atoms with Gasteiger partial charge < -0.3 is 35.0 Å². The monoisotopic (exact) mass is 576 g/mol. The van der Waals surface area contributed by atoms with Crippen molar-refractivity contribution in [1.29, 1.82) is 0 Å². The fourth-order valence-electron chi connectivity index (χ4n) is 4.65. The molecule has 0 aromatic carbocycles. The van der Waals surface area contributed by atoms with Crippen LogP contribution in [0.25, 0.3) is 0 Å². The minimum Gasteiger partial charge on any atom is -0.481 e. The number of aliphatic hydroxyl groups is 4. The summed E-state index contributed by atoms with van der Waals surface area (Å²) in [5.41, 5.74) is 0. The molecule has 0 radical (unpaired) electrons. The number of carboxylic acid groups (broad SMARTS) is 1. The molecule has 0 saturated heterocycles. The van der Waals surface area contributed by atoms with Crippen molar-refractivity contribution < 1.29 is 49.4 Å². The lowest BCUT2D eigenvalue weighted by molar-refractivity contribution is -0.157. The van der Waals surface area contributed by atoms with E-state index < -0.39 is 67.4 Å². The predicted molar refractivity (Wildman–Crippen MR) is 152 cm³/mol. The molecule has 10 nitrogen and oxygen atoms in total. The van der Waals surface area contributed by atoms with Crippen LogP contribution in [0.1, 0.15) is 136 Å². The van der Waals surface area contributed by atoms with E-state index in [2.05, 4.69) is 6.92 Å². The first kappa shape index (κ1) is 38.2. The third-order valence-corrected chi connectivity index (χ3v) is 6.83. The molecule has 0 saturated carbocycles. The third kappa shape index (κ3) is 22.0. The molecule has 0 amide bonds. The molecular weight excluding hydrogens is 520 g/mol. The Kier molecular flexibility index (Phi) is 22.9. The van der Waals surface area contributed by atoms with Gasteiger partial charge in [0.15, 0.2) is 0 Å². The highest BCUT2D eigenvalue weighted by Gasteiger charge is 2.26. The molecule has 40 heavy (non-hydrogen) atoms. The smallest absolute Gasteiger partial charge is 0.308 e. The van der Waals surface area contributed by atoms with Gasteiger partial charge in [0, 0.05) is 12.8 Å². The van der Waals surface area contributed by atoms with E-state index in [9.17, 15) is 34.8 Å². The van der Waals surface area contributed by atoms with Crippen molar-refractivity contribution in [2.75, 3.05) is 0 Å². The zero-order valence-corrected chi connectivity index (χ0v) is 25.0. The second-order valence-corrected chi connectivity index (χ2v) is 11.0. The fourth-order valence-corrected chi connectivity index (χ4v) is 4.65. The van der Waals surface area contributed by atoms with E-state index in [1.807, 2.05) is 13.8 Å². The van der Waals surface area contributed by atoms with E-state index in [-0.39, 0.29) is 25.7 Å². The number of hydrogen-bond acceptors (Lipinski definition) is 9. The lowest BCUT2D eigenvalue weighted by Crippen LogP contribution is -2.30. The van der Waals surface area contributed by atoms with Crippen molar-refractivity contribution in [2.45, 2.75) is 173 Å². The maximum atomic E-state index is 12.5. The van der Waals surface area contributed by atoms with Crippen molar-refractivity contribution in [3.8, 4) is 0 Å². The van der Waals surface area contributed by atoms with Crippen LogP contribution in [0, 0.1) is 0 Å². The highest BCUT2D eigenvalue weighted by molar-refractivity contribution is 5.72. The van der Waals surface area contributed by atoms with Gasteiger partial charge in [-0.1, -0.05) is 72.1 Å². The van der Waals surface area contributed by atoms with Crippen molar-refractivity contribution in [1.82, 2.24) is 0 Å². The van der Waals surface area contributed by atoms with E-state index in [1.165, 1.54) is 0 Å². The maximum absolute atomic E-state index is 12.5. The average molecular weight is 577 g/mol. The Balaban J connectivity index is 4.87. The first-order valence-electron chi connectivity index (χ1n) is 15.3. The fraction of sp³-hybridized carbons (Fsp3) is 0.900. The van der Waals surface area contributed by atoms with Gasteiger partial charge >= 0.3 is 17.9 Å². The second-order valence-electron chi connectivity index (χ2n) is 11.0. The molecule has 6 atom stereocenters. The Morgan fingerprint density at radius 2 is 0.925 bits per heavy atom. The van der Waals surface area contributed by atoms with Gasteiger partial charge in [0.25, 0.3) is 0 Å². The second kappa shape index (κ2) is 23.9. The van der Waals surface area contributed by atoms with Gasteiger partial charge in [-0.05, 0) is 32.1 Å². The molecule has 0 aliphatic rings. The van der Waals surface area contributed by atoms with Crippen LogP contribution in [0.4, 0.5) is 0 Å². The molecule has 0 aliphatic carbocycles. The van der Waals surface area contributed by atoms with Crippen LogP contribution < -0.4 is 0 Å². The molecule has 0 spiro atoms. The summed E-state index contributed by atoms with van der Waals surface area (Å²) < 4.78 is 10.8. The lowest BCUT2D eigenvalue weighted by Gasteiger charge is -2.23. The van der Waals surface area contributed by atoms with Crippen LogP contribution in [0.2, 0.25) is 0 Å². The summed E-state index contributed by atoms with van der Waals surface area (Å²) in [6, 6.07) is 0. The summed E-state index contributed by atoms with van der Waals surface area (Å²) in [5.74, 6) is -2.58. The molecule has 0 aliphatic heterocycles. The van der Waals surface area contributed by atoms with E-state index in [0.717, 1.165) is 57.8 Å². The quantitative estimate of drug-likeness (QED) is 0.0733. The Hall–Kier alpha value is -1.75. The number of carbonyl (C=O) groups is 3. The topological polar surface area (TPSA) is 171 Å². The van der Waals surface area contributed by atoms with Gasteiger partial charge in [-0.3, -0.25) is 14.4 Å². The third-order valence-electron chi connectivity index (χ3n) is 6.83. The minimum atomic E-state index is -1.18. The van der Waals surface area contributed by atoms with Gasteiger partial charge in [0.1, 0.15) is 12.2 Å². The molecular formula is C30H56O10. The number of rotatable bonds is 26. The molecule has 0 heterocycles. The molecule has 236 valence electrons. The summed E-state index contributed by atoms with van der Waals surface area (Å²) in [6.45, 7) is 6.13. The Bertz CT molecular complexity index is 671. The summed E-state index contributed by atoms with van der Waals surface area (Å²) in [5, 5.41) is 50.2. The summed E-state index contributed by atoms with van der Waals surface area (Å²) in [7, 11) is 0. The number of carboxylic acids is 1. The van der Waals surface area contributed by atoms with Gasteiger partial charge in [0.2, 0.25) is 0 Å². The van der Waals surface area contributed by atoms with Crippen molar-refractivity contribution >= 4 is 17.9 Å². The van der Waals surface area contributed by atoms with Gasteiger partial charge in [-0.2, -0.15) is 0 Å². The maximum Gasteiger partial charge on any atom is 0.308 e. The molecule has 0 unspecified atom stereocenters. The van der Waals surface area contributed by atoms with Crippen LogP contribution in [-0.4, -0.2) is 80.1 Å². The van der Waals surface area contributed by atoms with Crippen LogP contribution in [0.5, 0.6) is 0 Å². The standard InChI is InChI=1S/C30H56O10/c1-4-7-10-13-22(31)16-24(33)19-29(37)39-26(15-12-9-6-3)18-25(34)20-30(38)40-27(21-28(35)36)17-23(32)14-11-8-5-2/h22-27,31-34H,4-21H2,1-3H3,(H,35,36)/t22-,23-,24-,25-,26+,27+/m0/s1. The van der Waals surface area contributed by atoms with E-state index in [1.54, 1.807) is 0 Å². The van der Waals surface area contributed by atoms with Crippen molar-refractivity contribution in [3.63, 3.8) is 0 Å². The molecule has 0 rings (SSSR count). The Labute approximate surface area is 240 Å². The van der Waals surface area contributed by atoms with Crippen LogP contribution in [0.15, 0.2) is 0 Å². The van der Waals surface area contributed by atoms with Crippen LogP contribution in [-0.2, 0) is 23.9 Å². The molecule has 5 N–H and O–H groups in total. The van der Waals surface area contributed by atoms with Gasteiger partial charge in [-0.15, -0.1) is 0 Å². The molecule has 0 aromatic rings. The number of carbonyl (C=O) groups excluding carboxylic acids is 2. The van der Waals surface area contributed by atoms with Crippen LogP contribution in [0.3, 0.4) is 0 Å². The van der Waals surface area contributed by atoms with Crippen LogP contribution >= 0.6 is 0 Å². The van der Waals surface area contributed by atoms with E-state index in [0.29, 0.717) is 19.3 Å². The lowest BCUT2D eigenvalue weighted by atomic mass is 10.0. The highest BCUT2D eigenvalue weighted by Crippen LogP contribution is 2.19. The molecule has 0 bridgehead atoms. The normalized spacial score (nSPS) is 16.0. The number of esters is 2. The number of hydrogen-bond donors (Lipinski definition) is 5. The van der Waals surface area contributed by atoms with Crippen molar-refractivity contribution in [3.05, 3.63) is 0 Å². The Morgan fingerprint density at radius 1 is 0.525 bits per heavy atom. The summed E-state index contributed by atoms with van der Waals surface area (Å²) in [4.78, 5) is 36.2. The number of aliphatic hydroxyl groups excluding tert-OH is 4. The highest BCUT2D eigenvalue weighted by atomic mass is 16.6. The summed E-state index contributed by atoms with van der Waals surface area (Å²) >= 11 is 0. The first-order chi connectivity index (χ1) is 19.0. The zero-order valence-electron chi connectivity index (χ0n) is 25.0. The summed E-state index contributed by atoms with van der Waals surface area (Å²) in [6.07, 6.45) is 3.28. The first-order valence-corrected chi connectivity index (χ1v) is 15.3. The van der Waals surface area contributed by atoms with Crippen molar-refractivity contribution in [2.24, 2.45) is 0 Å². The van der Waals surface area contributed by atoms with Gasteiger partial charge in [0.05, 0.1) is 43.7 Å².